The van der Waals surface area contributed by atoms with Crippen molar-refractivity contribution in [3.05, 3.63) is 0 Å². The Morgan fingerprint density at radius 3 is 2.55 bits per heavy atom. The van der Waals surface area contributed by atoms with Gasteiger partial charge >= 0.3 is 6.18 Å². The summed E-state index contributed by atoms with van der Waals surface area (Å²) in [7, 11) is 0. The molecule has 0 saturated carbocycles. The number of hydrogen-bond acceptors (Lipinski definition) is 2. The van der Waals surface area contributed by atoms with Crippen molar-refractivity contribution in [3.8, 4) is 0 Å². The molecule has 0 aromatic heterocycles. The summed E-state index contributed by atoms with van der Waals surface area (Å²) in [5.74, 6) is 0.0308. The highest BCUT2D eigenvalue weighted by Gasteiger charge is 2.41. The maximum atomic E-state index is 11.8. The van der Waals surface area contributed by atoms with Crippen molar-refractivity contribution in [2.75, 3.05) is 5.88 Å². The Balaban J connectivity index is 2.53. The molecule has 1 aliphatic rings. The van der Waals surface area contributed by atoms with Crippen molar-refractivity contribution < 1.29 is 18.0 Å². The first kappa shape index (κ1) is 8.64. The molecule has 0 N–H and O–H groups in total. The molecule has 0 aromatic rings. The second-order valence-corrected chi connectivity index (χ2v) is 2.43. The smallest absolute Gasteiger partial charge is 0.391 e. The third kappa shape index (κ3) is 1.99. The van der Waals surface area contributed by atoms with Crippen molar-refractivity contribution in [2.24, 2.45) is 5.16 Å². The molecule has 0 aliphatic carbocycles. The number of alkyl halides is 4. The van der Waals surface area contributed by atoms with E-state index in [9.17, 15) is 13.2 Å². The summed E-state index contributed by atoms with van der Waals surface area (Å²) < 4.78 is 35.4. The molecular formula is C5H5ClF3NO. The molecule has 64 valence electrons. The summed E-state index contributed by atoms with van der Waals surface area (Å²) in [4.78, 5) is 4.38. The molecule has 0 fully saturated rings. The van der Waals surface area contributed by atoms with Gasteiger partial charge in [-0.15, -0.1) is 11.6 Å². The van der Waals surface area contributed by atoms with Crippen LogP contribution in [0.15, 0.2) is 5.16 Å². The van der Waals surface area contributed by atoms with Crippen LogP contribution in [0.1, 0.15) is 6.42 Å². The van der Waals surface area contributed by atoms with E-state index in [1.807, 2.05) is 0 Å². The van der Waals surface area contributed by atoms with Crippen LogP contribution in [0.5, 0.6) is 0 Å². The van der Waals surface area contributed by atoms with Gasteiger partial charge in [0.25, 0.3) is 0 Å². The Morgan fingerprint density at radius 2 is 2.27 bits per heavy atom. The van der Waals surface area contributed by atoms with Crippen LogP contribution in [0.25, 0.3) is 0 Å². The fourth-order valence-electron chi connectivity index (χ4n) is 0.679. The van der Waals surface area contributed by atoms with Gasteiger partial charge in [0.2, 0.25) is 0 Å². The van der Waals surface area contributed by atoms with Crippen LogP contribution in [0.3, 0.4) is 0 Å². The third-order valence-corrected chi connectivity index (χ3v) is 1.58. The van der Waals surface area contributed by atoms with Gasteiger partial charge in [0.05, 0.1) is 5.88 Å². The molecule has 1 aliphatic heterocycles. The van der Waals surface area contributed by atoms with Gasteiger partial charge in [0, 0.05) is 6.42 Å². The normalized spacial score (nSPS) is 24.7. The van der Waals surface area contributed by atoms with E-state index >= 15 is 0 Å². The molecule has 1 heterocycles. The Labute approximate surface area is 66.0 Å². The van der Waals surface area contributed by atoms with E-state index < -0.39 is 18.0 Å². The summed E-state index contributed by atoms with van der Waals surface area (Å²) in [6.45, 7) is 0. The molecule has 0 amide bonds. The fourth-order valence-corrected chi connectivity index (χ4v) is 0.844. The van der Waals surface area contributed by atoms with Crippen LogP contribution in [0.2, 0.25) is 0 Å². The Kier molecular flexibility index (Phi) is 2.27. The van der Waals surface area contributed by atoms with Gasteiger partial charge < -0.3 is 4.84 Å². The van der Waals surface area contributed by atoms with Crippen molar-refractivity contribution in [3.63, 3.8) is 0 Å². The summed E-state index contributed by atoms with van der Waals surface area (Å²) >= 11 is 5.26. The van der Waals surface area contributed by atoms with Crippen molar-refractivity contribution in [1.82, 2.24) is 0 Å². The highest BCUT2D eigenvalue weighted by atomic mass is 35.5. The van der Waals surface area contributed by atoms with Crippen LogP contribution >= 0.6 is 11.6 Å². The zero-order chi connectivity index (χ0) is 8.48. The molecule has 0 aromatic carbocycles. The van der Waals surface area contributed by atoms with E-state index in [4.69, 9.17) is 11.6 Å². The summed E-state index contributed by atoms with van der Waals surface area (Å²) in [5, 5.41) is 2.87. The van der Waals surface area contributed by atoms with E-state index in [2.05, 4.69) is 9.99 Å². The minimum Gasteiger partial charge on any atom is -0.391 e. The van der Waals surface area contributed by atoms with Gasteiger partial charge in [0.15, 0.2) is 5.71 Å². The molecule has 0 bridgehead atoms. The number of hydrogen-bond donors (Lipinski definition) is 0. The Hall–Kier alpha value is -0.450. The number of nitrogens with zero attached hydrogens (tertiary/aromatic N) is 1. The first-order chi connectivity index (χ1) is 5.04. The molecule has 6 heteroatoms. The second-order valence-electron chi connectivity index (χ2n) is 2.12. The van der Waals surface area contributed by atoms with E-state index in [-0.39, 0.29) is 12.3 Å². The molecule has 2 nitrogen and oxygen atoms in total. The molecule has 11 heavy (non-hydrogen) atoms. The van der Waals surface area contributed by atoms with Crippen molar-refractivity contribution in [1.29, 1.82) is 0 Å². The fraction of sp³-hybridized carbons (Fsp3) is 0.800. The number of halogens is 4. The minimum atomic E-state index is -4.37. The summed E-state index contributed by atoms with van der Waals surface area (Å²) in [6.07, 6.45) is -5.23. The van der Waals surface area contributed by atoms with Gasteiger partial charge in [-0.05, 0) is 0 Å². The first-order valence-electron chi connectivity index (χ1n) is 2.90. The molecule has 1 atom stereocenters. The average Bonchev–Trinajstić information content (AvgIpc) is 2.32. The minimum absolute atomic E-state index is 0.0308. The van der Waals surface area contributed by atoms with Crippen LogP contribution in [0, 0.1) is 0 Å². The SMILES string of the molecule is FC(F)(F)C1=NOC(CCl)C1. The van der Waals surface area contributed by atoms with Crippen LogP contribution in [-0.2, 0) is 4.84 Å². The van der Waals surface area contributed by atoms with Crippen LogP contribution in [0.4, 0.5) is 13.2 Å². The van der Waals surface area contributed by atoms with E-state index in [0.29, 0.717) is 0 Å². The van der Waals surface area contributed by atoms with Crippen molar-refractivity contribution >= 4 is 17.3 Å². The van der Waals surface area contributed by atoms with E-state index in [0.717, 1.165) is 0 Å². The number of rotatable bonds is 1. The Bertz CT molecular complexity index is 179. The standard InChI is InChI=1S/C5H5ClF3NO/c6-2-3-1-4(10-11-3)5(7,8)9/h3H,1-2H2. The quantitative estimate of drug-likeness (QED) is 0.575. The maximum absolute atomic E-state index is 11.8. The van der Waals surface area contributed by atoms with Gasteiger partial charge in [0.1, 0.15) is 6.10 Å². The predicted molar refractivity (Wildman–Crippen MR) is 33.7 cm³/mol. The van der Waals surface area contributed by atoms with Gasteiger partial charge in [-0.25, -0.2) is 0 Å². The zero-order valence-electron chi connectivity index (χ0n) is 5.36. The van der Waals surface area contributed by atoms with Gasteiger partial charge in [-0.1, -0.05) is 5.16 Å². The van der Waals surface area contributed by atoms with Gasteiger partial charge in [-0.3, -0.25) is 0 Å². The third-order valence-electron chi connectivity index (χ3n) is 1.23. The zero-order valence-corrected chi connectivity index (χ0v) is 6.11. The highest BCUT2D eigenvalue weighted by molar-refractivity contribution is 6.18. The lowest BCUT2D eigenvalue weighted by molar-refractivity contribution is -0.0604. The maximum Gasteiger partial charge on any atom is 0.432 e. The first-order valence-corrected chi connectivity index (χ1v) is 3.43. The second kappa shape index (κ2) is 2.89. The van der Waals surface area contributed by atoms with Crippen molar-refractivity contribution in [2.45, 2.75) is 18.7 Å². The topological polar surface area (TPSA) is 21.6 Å². The largest absolute Gasteiger partial charge is 0.432 e. The highest BCUT2D eigenvalue weighted by Crippen LogP contribution is 2.25. The molecular weight excluding hydrogens is 183 g/mol. The molecule has 1 rings (SSSR count). The molecule has 0 spiro atoms. The molecule has 0 radical (unpaired) electrons. The number of oxime groups is 1. The summed E-state index contributed by atoms with van der Waals surface area (Å²) in [6, 6.07) is 0. The molecule has 0 saturated heterocycles. The van der Waals surface area contributed by atoms with E-state index in [1.165, 1.54) is 0 Å². The lowest BCUT2D eigenvalue weighted by Gasteiger charge is -2.03. The Morgan fingerprint density at radius 1 is 1.64 bits per heavy atom. The van der Waals surface area contributed by atoms with E-state index in [1.54, 1.807) is 0 Å². The average molecular weight is 188 g/mol. The van der Waals surface area contributed by atoms with Crippen LogP contribution in [-0.4, -0.2) is 23.9 Å². The lowest BCUT2D eigenvalue weighted by atomic mass is 10.2. The summed E-state index contributed by atoms with van der Waals surface area (Å²) in [5.41, 5.74) is -0.886. The predicted octanol–water partition coefficient (Wildman–Crippen LogP) is 1.93. The van der Waals surface area contributed by atoms with Crippen LogP contribution < -0.4 is 0 Å². The van der Waals surface area contributed by atoms with Gasteiger partial charge in [-0.2, -0.15) is 13.2 Å². The molecule has 1 unspecified atom stereocenters. The lowest BCUT2D eigenvalue weighted by Crippen LogP contribution is -2.23. The monoisotopic (exact) mass is 187 g/mol.